The van der Waals surface area contributed by atoms with Crippen LogP contribution in [0.3, 0.4) is 0 Å². The molecule has 7 heteroatoms. The summed E-state index contributed by atoms with van der Waals surface area (Å²) in [4.78, 5) is 20.5. The summed E-state index contributed by atoms with van der Waals surface area (Å²) in [6.07, 6.45) is 3.64. The summed E-state index contributed by atoms with van der Waals surface area (Å²) >= 11 is 1.75. The Morgan fingerprint density at radius 2 is 1.07 bits per heavy atom. The number of benzene rings is 7. The van der Waals surface area contributed by atoms with Gasteiger partial charge in [0.1, 0.15) is 11.2 Å². The lowest BCUT2D eigenvalue weighted by atomic mass is 10.0. The van der Waals surface area contributed by atoms with Crippen LogP contribution < -0.4 is 0 Å². The summed E-state index contributed by atoms with van der Waals surface area (Å²) in [5.41, 5.74) is 10.7. The number of thiophene rings is 1. The van der Waals surface area contributed by atoms with Crippen LogP contribution in [0.4, 0.5) is 0 Å². The monoisotopic (exact) mass is 720 g/mol. The van der Waals surface area contributed by atoms with Crippen LogP contribution in [-0.2, 0) is 0 Å². The molecule has 7 aromatic carbocycles. The van der Waals surface area contributed by atoms with E-state index in [0.29, 0.717) is 5.82 Å². The van der Waals surface area contributed by atoms with Crippen LogP contribution in [-0.4, -0.2) is 29.1 Å². The second-order valence-corrected chi connectivity index (χ2v) is 14.9. The summed E-state index contributed by atoms with van der Waals surface area (Å²) in [6.45, 7) is 0. The van der Waals surface area contributed by atoms with Crippen LogP contribution in [0.2, 0.25) is 0 Å². The minimum Gasteiger partial charge on any atom is -0.309 e. The Morgan fingerprint density at radius 3 is 1.84 bits per heavy atom. The predicted molar refractivity (Wildman–Crippen MR) is 228 cm³/mol. The highest BCUT2D eigenvalue weighted by molar-refractivity contribution is 7.26. The van der Waals surface area contributed by atoms with Crippen molar-refractivity contribution >= 4 is 86.2 Å². The molecule has 12 aromatic rings. The normalized spacial score (nSPS) is 12.0. The van der Waals surface area contributed by atoms with E-state index in [2.05, 4.69) is 154 Å². The van der Waals surface area contributed by atoms with E-state index in [1.165, 1.54) is 42.7 Å². The Balaban J connectivity index is 1.19. The molecule has 5 heterocycles. The Kier molecular flexibility index (Phi) is 6.40. The van der Waals surface area contributed by atoms with Gasteiger partial charge in [0, 0.05) is 66.4 Å². The molecule has 0 unspecified atom stereocenters. The molecule has 0 N–H and O–H groups in total. The largest absolute Gasteiger partial charge is 0.309 e. The zero-order chi connectivity index (χ0) is 36.0. The fourth-order valence-corrected chi connectivity index (χ4v) is 9.74. The first-order valence-electron chi connectivity index (χ1n) is 18.3. The molecule has 0 atom stereocenters. The van der Waals surface area contributed by atoms with Crippen molar-refractivity contribution in [3.63, 3.8) is 0 Å². The highest BCUT2D eigenvalue weighted by atomic mass is 32.1. The van der Waals surface area contributed by atoms with Gasteiger partial charge in [-0.1, -0.05) is 103 Å². The zero-order valence-corrected chi connectivity index (χ0v) is 30.1. The van der Waals surface area contributed by atoms with Crippen LogP contribution in [0.1, 0.15) is 0 Å². The van der Waals surface area contributed by atoms with Gasteiger partial charge in [0.2, 0.25) is 0 Å². The molecular weight excluding hydrogens is 693 g/mol. The maximum absolute atomic E-state index is 5.17. The van der Waals surface area contributed by atoms with Gasteiger partial charge < -0.3 is 9.13 Å². The summed E-state index contributed by atoms with van der Waals surface area (Å²) in [7, 11) is 0. The molecule has 6 nitrogen and oxygen atoms in total. The lowest BCUT2D eigenvalue weighted by Crippen LogP contribution is -1.97. The van der Waals surface area contributed by atoms with Crippen LogP contribution in [0.5, 0.6) is 0 Å². The van der Waals surface area contributed by atoms with E-state index in [4.69, 9.17) is 15.0 Å². The molecule has 0 aliphatic carbocycles. The standard InChI is InChI=1S/C48H28N6S/c1-3-13-29(14-4-1)43-33-17-7-10-20-37(33)51-47(52-43)30-23-25-32(26-24-30)53-38-21-11-8-18-34(38)40-41-36-27-49-28-50-48(36)55-46(41)45-42(44(40)53)35-19-9-12-22-39(35)54(45)31-15-5-2-6-16-31/h1-28H. The first-order valence-corrected chi connectivity index (χ1v) is 19.1. The molecule has 0 amide bonds. The molecule has 0 saturated carbocycles. The number of aromatic nitrogens is 6. The van der Waals surface area contributed by atoms with Gasteiger partial charge in [0.25, 0.3) is 0 Å². The van der Waals surface area contributed by atoms with Gasteiger partial charge in [-0.2, -0.15) is 0 Å². The van der Waals surface area contributed by atoms with Crippen molar-refractivity contribution < 1.29 is 0 Å². The summed E-state index contributed by atoms with van der Waals surface area (Å²) in [5, 5.41) is 8.12. The molecule has 0 aliphatic rings. The highest BCUT2D eigenvalue weighted by Gasteiger charge is 2.27. The Hall–Kier alpha value is -7.22. The Bertz CT molecular complexity index is 3470. The summed E-state index contributed by atoms with van der Waals surface area (Å²) in [5.74, 6) is 0.700. The van der Waals surface area contributed by atoms with Crippen molar-refractivity contribution in [2.75, 3.05) is 0 Å². The molecule has 256 valence electrons. The molecule has 55 heavy (non-hydrogen) atoms. The summed E-state index contributed by atoms with van der Waals surface area (Å²) < 4.78 is 6.09. The van der Waals surface area contributed by atoms with E-state index in [0.717, 1.165) is 60.3 Å². The highest BCUT2D eigenvalue weighted by Crippen LogP contribution is 2.50. The van der Waals surface area contributed by atoms with E-state index >= 15 is 0 Å². The number of nitrogens with zero attached hydrogens (tertiary/aromatic N) is 6. The van der Waals surface area contributed by atoms with Crippen molar-refractivity contribution in [3.8, 4) is 34.0 Å². The van der Waals surface area contributed by atoms with Gasteiger partial charge in [-0.3, -0.25) is 0 Å². The Labute approximate surface area is 318 Å². The third-order valence-corrected chi connectivity index (χ3v) is 12.0. The fraction of sp³-hybridized carbons (Fsp3) is 0. The van der Waals surface area contributed by atoms with Crippen molar-refractivity contribution in [1.29, 1.82) is 0 Å². The minimum absolute atomic E-state index is 0.700. The van der Waals surface area contributed by atoms with E-state index in [1.807, 2.05) is 24.4 Å². The lowest BCUT2D eigenvalue weighted by Gasteiger charge is -2.12. The first-order chi connectivity index (χ1) is 27.3. The average molecular weight is 721 g/mol. The second kappa shape index (κ2) is 11.6. The van der Waals surface area contributed by atoms with Gasteiger partial charge in [-0.15, -0.1) is 11.3 Å². The molecule has 0 fully saturated rings. The molecule has 0 aliphatic heterocycles. The number of para-hydroxylation sites is 4. The third kappa shape index (κ3) is 4.35. The fourth-order valence-electron chi connectivity index (χ4n) is 8.58. The van der Waals surface area contributed by atoms with E-state index < -0.39 is 0 Å². The van der Waals surface area contributed by atoms with Crippen molar-refractivity contribution in [3.05, 3.63) is 170 Å². The van der Waals surface area contributed by atoms with Gasteiger partial charge in [-0.25, -0.2) is 19.9 Å². The zero-order valence-electron chi connectivity index (χ0n) is 29.3. The van der Waals surface area contributed by atoms with E-state index in [1.54, 1.807) is 17.7 Å². The molecule has 12 rings (SSSR count). The van der Waals surface area contributed by atoms with Crippen LogP contribution in [0.25, 0.3) is 109 Å². The van der Waals surface area contributed by atoms with Crippen molar-refractivity contribution in [1.82, 2.24) is 29.1 Å². The SMILES string of the molecule is c1ccc(-c2nc(-c3ccc(-n4c5ccccc5c5c6c7cncnc7sc6c6c(c7ccccc7n6-c6ccccc6)c54)cc3)nc3ccccc23)cc1. The lowest BCUT2D eigenvalue weighted by molar-refractivity contribution is 1.18. The van der Waals surface area contributed by atoms with Crippen molar-refractivity contribution in [2.45, 2.75) is 0 Å². The number of hydrogen-bond acceptors (Lipinski definition) is 5. The molecule has 0 saturated heterocycles. The van der Waals surface area contributed by atoms with Crippen molar-refractivity contribution in [2.24, 2.45) is 0 Å². The average Bonchev–Trinajstić information content (AvgIpc) is 3.92. The molecular formula is C48H28N6S. The minimum atomic E-state index is 0.700. The van der Waals surface area contributed by atoms with Gasteiger partial charge in [-0.05, 0) is 54.6 Å². The van der Waals surface area contributed by atoms with Gasteiger partial charge in [0.15, 0.2) is 5.82 Å². The Morgan fingerprint density at radius 1 is 0.455 bits per heavy atom. The number of rotatable bonds is 4. The topological polar surface area (TPSA) is 61.4 Å². The maximum Gasteiger partial charge on any atom is 0.160 e. The third-order valence-electron chi connectivity index (χ3n) is 10.9. The summed E-state index contributed by atoms with van der Waals surface area (Å²) in [6, 6.07) is 55.6. The van der Waals surface area contributed by atoms with Gasteiger partial charge in [0.05, 0.1) is 38.0 Å². The maximum atomic E-state index is 5.17. The predicted octanol–water partition coefficient (Wildman–Crippen LogP) is 12.3. The van der Waals surface area contributed by atoms with E-state index in [9.17, 15) is 0 Å². The number of fused-ring (bicyclic) bond motifs is 13. The van der Waals surface area contributed by atoms with Gasteiger partial charge >= 0.3 is 0 Å². The quantitative estimate of drug-likeness (QED) is 0.182. The van der Waals surface area contributed by atoms with E-state index in [-0.39, 0.29) is 0 Å². The first kappa shape index (κ1) is 30.3. The number of hydrogen-bond donors (Lipinski definition) is 0. The molecule has 0 bridgehead atoms. The molecule has 5 aromatic heterocycles. The second-order valence-electron chi connectivity index (χ2n) is 13.9. The van der Waals surface area contributed by atoms with Crippen LogP contribution in [0.15, 0.2) is 170 Å². The molecule has 0 spiro atoms. The van der Waals surface area contributed by atoms with Crippen LogP contribution in [0, 0.1) is 0 Å². The smallest absolute Gasteiger partial charge is 0.160 e. The molecule has 0 radical (unpaired) electrons. The van der Waals surface area contributed by atoms with Crippen LogP contribution >= 0.6 is 11.3 Å².